The van der Waals surface area contributed by atoms with E-state index in [0.717, 1.165) is 32.1 Å². The van der Waals surface area contributed by atoms with Gasteiger partial charge in [0.1, 0.15) is 24.1 Å². The van der Waals surface area contributed by atoms with Crippen molar-refractivity contribution in [3.05, 3.63) is 76.1 Å². The minimum absolute atomic E-state index is 0.00164. The number of methoxy groups -OCH3 is 1. The summed E-state index contributed by atoms with van der Waals surface area (Å²) in [7, 11) is 1.50. The predicted molar refractivity (Wildman–Crippen MR) is 129 cm³/mol. The fraction of sp³-hybridized carbons (Fsp3) is 0.321. The summed E-state index contributed by atoms with van der Waals surface area (Å²) in [5.74, 6) is -0.389. The zero-order chi connectivity index (χ0) is 24.9. The van der Waals surface area contributed by atoms with Gasteiger partial charge < -0.3 is 9.47 Å². The number of hydrogen-bond donors (Lipinski definition) is 0. The van der Waals surface area contributed by atoms with Gasteiger partial charge in [0.25, 0.3) is 11.8 Å². The number of imide groups is 1. The Morgan fingerprint density at radius 2 is 1.83 bits per heavy atom. The van der Waals surface area contributed by atoms with E-state index in [9.17, 15) is 19.2 Å². The largest absolute Gasteiger partial charge is 0.493 e. The van der Waals surface area contributed by atoms with Crippen LogP contribution in [0.5, 0.6) is 11.5 Å². The highest BCUT2D eigenvalue weighted by atomic mass is 19.1. The molecule has 0 N–H and O–H groups in total. The normalized spacial score (nSPS) is 18.1. The van der Waals surface area contributed by atoms with Gasteiger partial charge >= 0.3 is 0 Å². The van der Waals surface area contributed by atoms with Crippen molar-refractivity contribution in [1.29, 1.82) is 5.26 Å². The minimum atomic E-state index is -0.506. The molecule has 35 heavy (non-hydrogen) atoms. The first kappa shape index (κ1) is 24.2. The molecule has 7 heteroatoms. The Labute approximate surface area is 204 Å². The van der Waals surface area contributed by atoms with Crippen LogP contribution in [0.1, 0.15) is 50.2 Å². The van der Waals surface area contributed by atoms with Gasteiger partial charge in [0.05, 0.1) is 7.11 Å². The Hall–Kier alpha value is -3.92. The molecule has 1 saturated carbocycles. The van der Waals surface area contributed by atoms with E-state index < -0.39 is 5.91 Å². The van der Waals surface area contributed by atoms with Gasteiger partial charge in [-0.1, -0.05) is 43.5 Å². The monoisotopic (exact) mass is 474 g/mol. The van der Waals surface area contributed by atoms with Crippen molar-refractivity contribution in [3.63, 3.8) is 0 Å². The molecule has 180 valence electrons. The van der Waals surface area contributed by atoms with Crippen LogP contribution in [-0.4, -0.2) is 29.9 Å². The molecule has 1 aliphatic heterocycles. The summed E-state index contributed by atoms with van der Waals surface area (Å²) in [6.07, 6.45) is 6.17. The third kappa shape index (κ3) is 4.97. The predicted octanol–water partition coefficient (Wildman–Crippen LogP) is 5.34. The molecular weight excluding hydrogens is 447 g/mol. The number of amides is 2. The van der Waals surface area contributed by atoms with Gasteiger partial charge in [-0.3, -0.25) is 14.5 Å². The van der Waals surface area contributed by atoms with Crippen molar-refractivity contribution >= 4 is 17.9 Å². The van der Waals surface area contributed by atoms with Crippen LogP contribution in [-0.2, 0) is 16.2 Å². The summed E-state index contributed by atoms with van der Waals surface area (Å²) in [6, 6.07) is 13.3. The van der Waals surface area contributed by atoms with Crippen molar-refractivity contribution in [2.24, 2.45) is 0 Å². The van der Waals surface area contributed by atoms with Crippen molar-refractivity contribution in [2.75, 3.05) is 7.11 Å². The van der Waals surface area contributed by atoms with Crippen LogP contribution in [0, 0.1) is 17.1 Å². The lowest BCUT2D eigenvalue weighted by Gasteiger charge is -2.36. The molecule has 2 aromatic carbocycles. The molecular formula is C28H27FN2O4. The third-order valence-electron chi connectivity index (χ3n) is 6.55. The first-order valence-corrected chi connectivity index (χ1v) is 11.7. The number of rotatable bonds is 6. The molecule has 0 bridgehead atoms. The Morgan fingerprint density at radius 1 is 1.09 bits per heavy atom. The molecule has 0 unspecified atom stereocenters. The molecule has 2 aliphatic rings. The molecule has 2 aromatic rings. The number of hydrogen-bond acceptors (Lipinski definition) is 5. The number of halogens is 1. The number of carbonyl (C=O) groups excluding carboxylic acids is 2. The van der Waals surface area contributed by atoms with Crippen molar-refractivity contribution in [1.82, 2.24) is 4.90 Å². The van der Waals surface area contributed by atoms with Crippen molar-refractivity contribution in [3.8, 4) is 17.6 Å². The Kier molecular flexibility index (Phi) is 7.31. The van der Waals surface area contributed by atoms with Gasteiger partial charge in [-0.25, -0.2) is 4.39 Å². The van der Waals surface area contributed by atoms with E-state index in [1.807, 2.05) is 6.07 Å². The summed E-state index contributed by atoms with van der Waals surface area (Å²) in [6.45, 7) is 1.66. The standard InChI is InChI=1S/C28H27FN2O4/c1-18-22(27(32)31(28(33)23(18)16-30)21-9-4-3-5-10-21)14-19-12-13-25(26(15-19)34-2)35-17-20-8-6-7-11-24(20)29/h6-8,11-15,21H,3-5,9-10,17H2,1-2H3/b22-14+. The van der Waals surface area contributed by atoms with Gasteiger partial charge in [-0.2, -0.15) is 5.26 Å². The Morgan fingerprint density at radius 3 is 2.51 bits per heavy atom. The van der Waals surface area contributed by atoms with E-state index in [4.69, 9.17) is 9.47 Å². The minimum Gasteiger partial charge on any atom is -0.493 e. The van der Waals surface area contributed by atoms with Gasteiger partial charge in [-0.15, -0.1) is 0 Å². The zero-order valence-electron chi connectivity index (χ0n) is 19.8. The maximum atomic E-state index is 13.9. The fourth-order valence-electron chi connectivity index (χ4n) is 4.60. The molecule has 4 rings (SSSR count). The number of nitrogens with zero attached hydrogens (tertiary/aromatic N) is 2. The van der Waals surface area contributed by atoms with Crippen molar-refractivity contribution in [2.45, 2.75) is 51.7 Å². The second kappa shape index (κ2) is 10.6. The summed E-state index contributed by atoms with van der Waals surface area (Å²) >= 11 is 0. The molecule has 0 saturated heterocycles. The quantitative estimate of drug-likeness (QED) is 0.417. The van der Waals surface area contributed by atoms with Crippen LogP contribution in [0.2, 0.25) is 0 Å². The van der Waals surface area contributed by atoms with Crippen LogP contribution in [0.4, 0.5) is 4.39 Å². The topological polar surface area (TPSA) is 79.6 Å². The van der Waals surface area contributed by atoms with E-state index >= 15 is 0 Å². The summed E-state index contributed by atoms with van der Waals surface area (Å²) in [5.41, 5.74) is 1.75. The maximum Gasteiger partial charge on any atom is 0.271 e. The molecule has 0 atom stereocenters. The second-order valence-corrected chi connectivity index (χ2v) is 8.73. The number of ether oxygens (including phenoxy) is 2. The average Bonchev–Trinajstić information content (AvgIpc) is 2.87. The Balaban J connectivity index is 1.64. The molecule has 1 heterocycles. The Bertz CT molecular complexity index is 1250. The van der Waals surface area contributed by atoms with Crippen LogP contribution in [0.25, 0.3) is 6.08 Å². The molecule has 1 aliphatic carbocycles. The smallest absolute Gasteiger partial charge is 0.271 e. The van der Waals surface area contributed by atoms with Crippen LogP contribution in [0.3, 0.4) is 0 Å². The number of nitriles is 1. The first-order valence-electron chi connectivity index (χ1n) is 11.7. The van der Waals surface area contributed by atoms with E-state index in [0.29, 0.717) is 33.8 Å². The first-order chi connectivity index (χ1) is 16.9. The highest BCUT2D eigenvalue weighted by Crippen LogP contribution is 2.34. The van der Waals surface area contributed by atoms with Gasteiger partial charge in [0, 0.05) is 17.2 Å². The molecule has 6 nitrogen and oxygen atoms in total. The van der Waals surface area contributed by atoms with Gasteiger partial charge in [-0.05, 0) is 55.2 Å². The molecule has 1 fully saturated rings. The molecule has 0 spiro atoms. The van der Waals surface area contributed by atoms with Crippen LogP contribution >= 0.6 is 0 Å². The lowest BCUT2D eigenvalue weighted by atomic mass is 9.88. The fourth-order valence-corrected chi connectivity index (χ4v) is 4.60. The van der Waals surface area contributed by atoms with Crippen molar-refractivity contribution < 1.29 is 23.5 Å². The summed E-state index contributed by atoms with van der Waals surface area (Å²) in [5, 5.41) is 9.65. The summed E-state index contributed by atoms with van der Waals surface area (Å²) in [4.78, 5) is 27.7. The van der Waals surface area contributed by atoms with Crippen LogP contribution in [0.15, 0.2) is 59.2 Å². The molecule has 0 radical (unpaired) electrons. The SMILES string of the molecule is COc1cc(/C=C2/C(=O)N(C3CCCCC3)C(=O)C(C#N)=C2C)ccc1OCc1ccccc1F. The highest BCUT2D eigenvalue weighted by Gasteiger charge is 2.39. The lowest BCUT2D eigenvalue weighted by Crippen LogP contribution is -2.49. The average molecular weight is 475 g/mol. The lowest BCUT2D eigenvalue weighted by molar-refractivity contribution is -0.143. The number of benzene rings is 2. The molecule has 2 amide bonds. The van der Waals surface area contributed by atoms with Gasteiger partial charge in [0.2, 0.25) is 0 Å². The zero-order valence-corrected chi connectivity index (χ0v) is 19.8. The highest BCUT2D eigenvalue weighted by molar-refractivity contribution is 6.19. The summed E-state index contributed by atoms with van der Waals surface area (Å²) < 4.78 is 25.2. The van der Waals surface area contributed by atoms with E-state index in [1.54, 1.807) is 49.4 Å². The second-order valence-electron chi connectivity index (χ2n) is 8.73. The van der Waals surface area contributed by atoms with Gasteiger partial charge in [0.15, 0.2) is 11.5 Å². The van der Waals surface area contributed by atoms with Crippen LogP contribution < -0.4 is 9.47 Å². The third-order valence-corrected chi connectivity index (χ3v) is 6.55. The number of carbonyl (C=O) groups is 2. The van der Waals surface area contributed by atoms with E-state index in [-0.39, 0.29) is 29.9 Å². The maximum absolute atomic E-state index is 13.9. The molecule has 0 aromatic heterocycles. The van der Waals surface area contributed by atoms with E-state index in [2.05, 4.69) is 0 Å². The van der Waals surface area contributed by atoms with E-state index in [1.165, 1.54) is 18.1 Å².